The van der Waals surface area contributed by atoms with Crippen molar-refractivity contribution in [2.45, 2.75) is 6.04 Å². The molecule has 1 N–H and O–H groups in total. The molecule has 2 rings (SSSR count). The average Bonchev–Trinajstić information content (AvgIpc) is 2.42. The molecule has 2 aromatic rings. The number of halogens is 1. The molecule has 0 spiro atoms. The minimum Gasteiger partial charge on any atom is -0.495 e. The van der Waals surface area contributed by atoms with Crippen LogP contribution in [0.1, 0.15) is 17.2 Å². The second-order valence-corrected chi connectivity index (χ2v) is 3.74. The lowest BCUT2D eigenvalue weighted by molar-refractivity contribution is 0.402. The van der Waals surface area contributed by atoms with E-state index in [2.05, 4.69) is 15.3 Å². The van der Waals surface area contributed by atoms with Crippen LogP contribution in [-0.2, 0) is 0 Å². The van der Waals surface area contributed by atoms with Gasteiger partial charge in [-0.1, -0.05) is 0 Å². The molecule has 0 aliphatic rings. The molecule has 0 bridgehead atoms. The van der Waals surface area contributed by atoms with Gasteiger partial charge in [0.05, 0.1) is 25.5 Å². The van der Waals surface area contributed by atoms with Crippen molar-refractivity contribution in [1.29, 1.82) is 0 Å². The van der Waals surface area contributed by atoms with Gasteiger partial charge in [0.1, 0.15) is 11.6 Å². The van der Waals surface area contributed by atoms with Crippen LogP contribution in [0.25, 0.3) is 0 Å². The molecular weight excluding hydrogens is 233 g/mol. The van der Waals surface area contributed by atoms with E-state index in [9.17, 15) is 4.39 Å². The van der Waals surface area contributed by atoms with Gasteiger partial charge in [0.2, 0.25) is 0 Å². The van der Waals surface area contributed by atoms with E-state index in [0.717, 1.165) is 5.56 Å². The molecule has 4 nitrogen and oxygen atoms in total. The molecule has 5 heteroatoms. The fourth-order valence-electron chi connectivity index (χ4n) is 1.90. The predicted octanol–water partition coefficient (Wildman–Crippen LogP) is 1.93. The first-order valence-corrected chi connectivity index (χ1v) is 5.52. The summed E-state index contributed by atoms with van der Waals surface area (Å²) in [6, 6.07) is 3.15. The monoisotopic (exact) mass is 247 g/mol. The number of hydrogen-bond donors (Lipinski definition) is 1. The van der Waals surface area contributed by atoms with Gasteiger partial charge in [-0.3, -0.25) is 9.97 Å². The number of nitrogens with zero attached hydrogens (tertiary/aromatic N) is 2. The van der Waals surface area contributed by atoms with Gasteiger partial charge in [0, 0.05) is 23.5 Å². The van der Waals surface area contributed by atoms with E-state index in [1.165, 1.54) is 6.20 Å². The molecular formula is C13H14FN3O. The zero-order chi connectivity index (χ0) is 13.0. The highest BCUT2D eigenvalue weighted by Crippen LogP contribution is 2.29. The first-order chi connectivity index (χ1) is 8.77. The third-order valence-electron chi connectivity index (χ3n) is 2.75. The zero-order valence-corrected chi connectivity index (χ0v) is 10.2. The maximum Gasteiger partial charge on any atom is 0.146 e. The van der Waals surface area contributed by atoms with Crippen molar-refractivity contribution in [2.75, 3.05) is 14.2 Å². The topological polar surface area (TPSA) is 47.0 Å². The van der Waals surface area contributed by atoms with Crippen molar-refractivity contribution in [3.63, 3.8) is 0 Å². The summed E-state index contributed by atoms with van der Waals surface area (Å²) in [6.07, 6.45) is 6.03. The summed E-state index contributed by atoms with van der Waals surface area (Å²) in [5.74, 6) is 0.267. The smallest absolute Gasteiger partial charge is 0.146 e. The molecule has 0 radical (unpaired) electrons. The van der Waals surface area contributed by atoms with Crippen LogP contribution in [0.2, 0.25) is 0 Å². The number of hydrogen-bond acceptors (Lipinski definition) is 4. The van der Waals surface area contributed by atoms with E-state index in [4.69, 9.17) is 4.74 Å². The number of ether oxygens (including phenoxy) is 1. The van der Waals surface area contributed by atoms with E-state index < -0.39 is 0 Å². The molecule has 0 aliphatic heterocycles. The molecule has 94 valence electrons. The number of pyridine rings is 2. The van der Waals surface area contributed by atoms with Gasteiger partial charge >= 0.3 is 0 Å². The molecule has 0 amide bonds. The molecule has 1 unspecified atom stereocenters. The largest absolute Gasteiger partial charge is 0.495 e. The Morgan fingerprint density at radius 2 is 1.83 bits per heavy atom. The second-order valence-electron chi connectivity index (χ2n) is 3.74. The summed E-state index contributed by atoms with van der Waals surface area (Å²) < 4.78 is 19.0. The lowest BCUT2D eigenvalue weighted by Crippen LogP contribution is -2.19. The number of methoxy groups -OCH3 is 1. The van der Waals surface area contributed by atoms with Gasteiger partial charge in [-0.2, -0.15) is 0 Å². The number of aromatic nitrogens is 2. The lowest BCUT2D eigenvalue weighted by Gasteiger charge is -2.19. The SMILES string of the molecule is CNC(c1ccncc1F)c1ccncc1OC. The highest BCUT2D eigenvalue weighted by Gasteiger charge is 2.19. The Morgan fingerprint density at radius 1 is 1.17 bits per heavy atom. The predicted molar refractivity (Wildman–Crippen MR) is 65.9 cm³/mol. The van der Waals surface area contributed by atoms with Crippen LogP contribution in [0.15, 0.2) is 36.9 Å². The molecule has 0 saturated heterocycles. The Morgan fingerprint density at radius 3 is 2.44 bits per heavy atom. The number of rotatable bonds is 4. The van der Waals surface area contributed by atoms with Gasteiger partial charge in [-0.05, 0) is 19.2 Å². The maximum absolute atomic E-state index is 13.8. The van der Waals surface area contributed by atoms with Crippen molar-refractivity contribution >= 4 is 0 Å². The van der Waals surface area contributed by atoms with Crippen molar-refractivity contribution in [3.8, 4) is 5.75 Å². The van der Waals surface area contributed by atoms with Crippen molar-refractivity contribution in [1.82, 2.24) is 15.3 Å². The summed E-state index contributed by atoms with van der Waals surface area (Å²) in [6.45, 7) is 0. The van der Waals surface area contributed by atoms with Crippen molar-refractivity contribution in [3.05, 3.63) is 53.9 Å². The standard InChI is InChI=1S/C13H14FN3O/c1-15-13(9-3-5-16-7-11(9)14)10-4-6-17-8-12(10)18-2/h3-8,13,15H,1-2H3. The van der Waals surface area contributed by atoms with Gasteiger partial charge in [0.25, 0.3) is 0 Å². The fraction of sp³-hybridized carbons (Fsp3) is 0.231. The third kappa shape index (κ3) is 2.31. The fourth-order valence-corrected chi connectivity index (χ4v) is 1.90. The Hall–Kier alpha value is -2.01. The molecule has 0 aromatic carbocycles. The minimum absolute atomic E-state index is 0.300. The Kier molecular flexibility index (Phi) is 3.84. The zero-order valence-electron chi connectivity index (χ0n) is 10.2. The van der Waals surface area contributed by atoms with Gasteiger partial charge in [-0.15, -0.1) is 0 Å². The Labute approximate surface area is 105 Å². The van der Waals surface area contributed by atoms with Crippen molar-refractivity contribution < 1.29 is 9.13 Å². The Balaban J connectivity index is 2.49. The molecule has 0 saturated carbocycles. The van der Waals surface area contributed by atoms with Gasteiger partial charge < -0.3 is 10.1 Å². The first kappa shape index (κ1) is 12.4. The lowest BCUT2D eigenvalue weighted by atomic mass is 10.00. The summed E-state index contributed by atoms with van der Waals surface area (Å²) >= 11 is 0. The van der Waals surface area contributed by atoms with Crippen LogP contribution in [0.5, 0.6) is 5.75 Å². The Bertz CT molecular complexity index is 533. The van der Waals surface area contributed by atoms with Crippen LogP contribution in [0, 0.1) is 5.82 Å². The van der Waals surface area contributed by atoms with Crippen LogP contribution < -0.4 is 10.1 Å². The second kappa shape index (κ2) is 5.55. The first-order valence-electron chi connectivity index (χ1n) is 5.52. The molecule has 2 aromatic heterocycles. The number of nitrogens with one attached hydrogen (secondary N) is 1. The van der Waals surface area contributed by atoms with Crippen LogP contribution in [0.3, 0.4) is 0 Å². The third-order valence-corrected chi connectivity index (χ3v) is 2.75. The van der Waals surface area contributed by atoms with E-state index >= 15 is 0 Å². The summed E-state index contributed by atoms with van der Waals surface area (Å²) in [5.41, 5.74) is 1.36. The van der Waals surface area contributed by atoms with Crippen LogP contribution >= 0.6 is 0 Å². The molecule has 1 atom stereocenters. The van der Waals surface area contributed by atoms with E-state index in [1.807, 2.05) is 0 Å². The van der Waals surface area contributed by atoms with Gasteiger partial charge in [-0.25, -0.2) is 4.39 Å². The highest BCUT2D eigenvalue weighted by molar-refractivity contribution is 5.39. The molecule has 0 aliphatic carbocycles. The average molecular weight is 247 g/mol. The maximum atomic E-state index is 13.8. The minimum atomic E-state index is -0.351. The molecule has 0 fully saturated rings. The quantitative estimate of drug-likeness (QED) is 0.896. The van der Waals surface area contributed by atoms with Crippen LogP contribution in [0.4, 0.5) is 4.39 Å². The van der Waals surface area contributed by atoms with E-state index in [0.29, 0.717) is 11.3 Å². The van der Waals surface area contributed by atoms with Crippen molar-refractivity contribution in [2.24, 2.45) is 0 Å². The normalized spacial score (nSPS) is 12.2. The van der Waals surface area contributed by atoms with Gasteiger partial charge in [0.15, 0.2) is 0 Å². The van der Waals surface area contributed by atoms with Crippen LogP contribution in [-0.4, -0.2) is 24.1 Å². The highest BCUT2D eigenvalue weighted by atomic mass is 19.1. The summed E-state index contributed by atoms with van der Waals surface area (Å²) in [7, 11) is 3.33. The van der Waals surface area contributed by atoms with E-state index in [1.54, 1.807) is 44.9 Å². The summed E-state index contributed by atoms with van der Waals surface area (Å²) in [4.78, 5) is 7.74. The summed E-state index contributed by atoms with van der Waals surface area (Å²) in [5, 5.41) is 3.07. The molecule has 2 heterocycles. The van der Waals surface area contributed by atoms with E-state index in [-0.39, 0.29) is 11.9 Å². The molecule has 18 heavy (non-hydrogen) atoms.